The molecule has 31 heavy (non-hydrogen) atoms. The number of aromatic nitrogens is 1. The Morgan fingerprint density at radius 3 is 2.16 bits per heavy atom. The molecule has 164 valence electrons. The first kappa shape index (κ1) is 22.2. The molecule has 0 aliphatic rings. The van der Waals surface area contributed by atoms with E-state index in [0.717, 1.165) is 18.6 Å². The number of amides is 2. The van der Waals surface area contributed by atoms with Crippen LogP contribution in [0.2, 0.25) is 0 Å². The van der Waals surface area contributed by atoms with Crippen molar-refractivity contribution in [2.45, 2.75) is 46.0 Å². The fraction of sp³-hybridized carbons (Fsp3) is 0.333. The van der Waals surface area contributed by atoms with Crippen LogP contribution in [0.5, 0.6) is 17.2 Å². The van der Waals surface area contributed by atoms with E-state index < -0.39 is 6.03 Å². The predicted octanol–water partition coefficient (Wildman–Crippen LogP) is 6.59. The Bertz CT molecular complexity index is 973. The zero-order chi connectivity index (χ0) is 22.3. The van der Waals surface area contributed by atoms with Gasteiger partial charge in [-0.05, 0) is 55.0 Å². The summed E-state index contributed by atoms with van der Waals surface area (Å²) >= 11 is 0. The van der Waals surface area contributed by atoms with Crippen LogP contribution in [0.4, 0.5) is 16.3 Å². The second kappa shape index (κ2) is 10.0. The zero-order valence-corrected chi connectivity index (χ0v) is 18.4. The number of hydrogen-bond acceptors (Lipinski definition) is 5. The topological polar surface area (TPSA) is 85.6 Å². The number of carbonyl (C=O) groups excluding carboxylic acids is 1. The fourth-order valence-corrected chi connectivity index (χ4v) is 2.65. The minimum Gasteiger partial charge on any atom is -0.494 e. The lowest BCUT2D eigenvalue weighted by Gasteiger charge is -2.12. The molecule has 3 aromatic rings. The van der Waals surface area contributed by atoms with Gasteiger partial charge >= 0.3 is 6.03 Å². The average molecular weight is 424 g/mol. The highest BCUT2D eigenvalue weighted by molar-refractivity contribution is 5.99. The molecule has 0 aliphatic carbocycles. The molecule has 0 bridgehead atoms. The molecule has 1 heterocycles. The maximum Gasteiger partial charge on any atom is 0.324 e. The highest BCUT2D eigenvalue weighted by Crippen LogP contribution is 2.26. The lowest BCUT2D eigenvalue weighted by atomic mass is 9.93. The van der Waals surface area contributed by atoms with E-state index in [1.54, 1.807) is 30.3 Å². The van der Waals surface area contributed by atoms with Crippen LogP contribution in [0.3, 0.4) is 0 Å². The largest absolute Gasteiger partial charge is 0.494 e. The van der Waals surface area contributed by atoms with E-state index in [9.17, 15) is 4.79 Å². The molecule has 2 aromatic carbocycles. The summed E-state index contributed by atoms with van der Waals surface area (Å²) in [5.74, 6) is 3.27. The second-order valence-electron chi connectivity index (χ2n) is 8.21. The fourth-order valence-electron chi connectivity index (χ4n) is 2.65. The smallest absolute Gasteiger partial charge is 0.324 e. The minimum atomic E-state index is -0.402. The van der Waals surface area contributed by atoms with Crippen molar-refractivity contribution in [3.63, 3.8) is 0 Å². The Labute approximate surface area is 182 Å². The van der Waals surface area contributed by atoms with Crippen molar-refractivity contribution in [3.8, 4) is 17.2 Å². The Hall–Kier alpha value is -3.48. The van der Waals surface area contributed by atoms with Crippen molar-refractivity contribution < 1.29 is 18.8 Å². The van der Waals surface area contributed by atoms with E-state index in [0.29, 0.717) is 35.4 Å². The third-order valence-corrected chi connectivity index (χ3v) is 4.43. The summed E-state index contributed by atoms with van der Waals surface area (Å²) < 4.78 is 16.8. The molecule has 0 atom stereocenters. The zero-order valence-electron chi connectivity index (χ0n) is 18.4. The van der Waals surface area contributed by atoms with Crippen LogP contribution in [0.15, 0.2) is 59.1 Å². The first-order valence-electron chi connectivity index (χ1n) is 10.4. The van der Waals surface area contributed by atoms with E-state index in [2.05, 4.69) is 22.7 Å². The van der Waals surface area contributed by atoms with Gasteiger partial charge in [0.2, 0.25) is 0 Å². The molecule has 0 spiro atoms. The number of ether oxygens (including phenoxy) is 2. The molecule has 0 saturated carbocycles. The summed E-state index contributed by atoms with van der Waals surface area (Å²) in [6, 6.07) is 15.9. The lowest BCUT2D eigenvalue weighted by molar-refractivity contribution is 0.262. The van der Waals surface area contributed by atoms with Gasteiger partial charge < -0.3 is 19.3 Å². The van der Waals surface area contributed by atoms with Crippen LogP contribution in [-0.4, -0.2) is 17.8 Å². The molecule has 3 rings (SSSR count). The van der Waals surface area contributed by atoms with Crippen LogP contribution in [0.1, 0.15) is 46.3 Å². The van der Waals surface area contributed by atoms with Crippen molar-refractivity contribution in [2.24, 2.45) is 0 Å². The molecule has 0 fully saturated rings. The Kier molecular flexibility index (Phi) is 7.18. The quantitative estimate of drug-likeness (QED) is 0.399. The normalized spacial score (nSPS) is 11.1. The summed E-state index contributed by atoms with van der Waals surface area (Å²) in [5, 5.41) is 9.30. The van der Waals surface area contributed by atoms with Crippen molar-refractivity contribution in [1.29, 1.82) is 0 Å². The van der Waals surface area contributed by atoms with Crippen LogP contribution < -0.4 is 20.1 Å². The Morgan fingerprint density at radius 2 is 1.58 bits per heavy atom. The standard InChI is InChI=1S/C24H29N3O4/c1-5-6-15-29-18-11-13-20(14-12-18)30-19-9-7-17(8-10-19)25-23(28)26-22-16-21(31-27-22)24(2,3)4/h7-14,16H,5-6,15H2,1-4H3,(H2,25,26,27,28). The number of unbranched alkanes of at least 4 members (excludes halogenated alkanes) is 1. The molecule has 0 saturated heterocycles. The van der Waals surface area contributed by atoms with Gasteiger partial charge in [0, 0.05) is 17.2 Å². The predicted molar refractivity (Wildman–Crippen MR) is 121 cm³/mol. The van der Waals surface area contributed by atoms with Crippen molar-refractivity contribution in [3.05, 3.63) is 60.4 Å². The van der Waals surface area contributed by atoms with Crippen LogP contribution >= 0.6 is 0 Å². The van der Waals surface area contributed by atoms with E-state index >= 15 is 0 Å². The van der Waals surface area contributed by atoms with E-state index in [4.69, 9.17) is 14.0 Å². The minimum absolute atomic E-state index is 0.179. The molecule has 1 aromatic heterocycles. The van der Waals surface area contributed by atoms with Gasteiger partial charge in [-0.1, -0.05) is 39.3 Å². The maximum atomic E-state index is 12.2. The first-order valence-corrected chi connectivity index (χ1v) is 10.4. The summed E-state index contributed by atoms with van der Waals surface area (Å²) in [4.78, 5) is 12.2. The van der Waals surface area contributed by atoms with Gasteiger partial charge in [0.15, 0.2) is 5.82 Å². The maximum absolute atomic E-state index is 12.2. The highest BCUT2D eigenvalue weighted by atomic mass is 16.5. The third kappa shape index (κ3) is 6.77. The van der Waals surface area contributed by atoms with Gasteiger partial charge in [-0.25, -0.2) is 4.79 Å². The Balaban J connectivity index is 1.50. The van der Waals surface area contributed by atoms with Crippen LogP contribution in [0, 0.1) is 0 Å². The molecule has 0 aliphatic heterocycles. The van der Waals surface area contributed by atoms with Gasteiger partial charge in [-0.2, -0.15) is 0 Å². The number of nitrogens with zero attached hydrogens (tertiary/aromatic N) is 1. The van der Waals surface area contributed by atoms with Crippen molar-refractivity contribution >= 4 is 17.5 Å². The number of hydrogen-bond donors (Lipinski definition) is 2. The number of anilines is 2. The van der Waals surface area contributed by atoms with Crippen molar-refractivity contribution in [2.75, 3.05) is 17.2 Å². The molecular formula is C24H29N3O4. The summed E-state index contributed by atoms with van der Waals surface area (Å²) in [5.41, 5.74) is 0.450. The molecule has 2 N–H and O–H groups in total. The van der Waals surface area contributed by atoms with Gasteiger partial charge in [0.25, 0.3) is 0 Å². The molecule has 2 amide bonds. The lowest BCUT2D eigenvalue weighted by Crippen LogP contribution is -2.19. The van der Waals surface area contributed by atoms with Gasteiger partial charge in [-0.3, -0.25) is 5.32 Å². The van der Waals surface area contributed by atoms with Gasteiger partial charge in [-0.15, -0.1) is 0 Å². The first-order chi connectivity index (χ1) is 14.8. The summed E-state index contributed by atoms with van der Waals surface area (Å²) in [6.45, 7) is 8.88. The van der Waals surface area contributed by atoms with E-state index in [1.165, 1.54) is 0 Å². The molecule has 0 unspecified atom stereocenters. The number of rotatable bonds is 8. The molecule has 7 nitrogen and oxygen atoms in total. The molecule has 0 radical (unpaired) electrons. The van der Waals surface area contributed by atoms with E-state index in [1.807, 2.05) is 45.0 Å². The number of urea groups is 1. The summed E-state index contributed by atoms with van der Waals surface area (Å²) in [7, 11) is 0. The monoisotopic (exact) mass is 423 g/mol. The Morgan fingerprint density at radius 1 is 0.968 bits per heavy atom. The number of carbonyl (C=O) groups is 1. The third-order valence-electron chi connectivity index (χ3n) is 4.43. The van der Waals surface area contributed by atoms with Crippen LogP contribution in [-0.2, 0) is 5.41 Å². The van der Waals surface area contributed by atoms with E-state index in [-0.39, 0.29) is 5.41 Å². The molecular weight excluding hydrogens is 394 g/mol. The van der Waals surface area contributed by atoms with Crippen LogP contribution in [0.25, 0.3) is 0 Å². The average Bonchev–Trinajstić information content (AvgIpc) is 3.20. The molecule has 7 heteroatoms. The summed E-state index contributed by atoms with van der Waals surface area (Å²) in [6.07, 6.45) is 2.14. The highest BCUT2D eigenvalue weighted by Gasteiger charge is 2.20. The van der Waals surface area contributed by atoms with Crippen molar-refractivity contribution in [1.82, 2.24) is 5.16 Å². The number of nitrogens with one attached hydrogen (secondary N) is 2. The van der Waals surface area contributed by atoms with Gasteiger partial charge in [0.1, 0.15) is 23.0 Å². The number of benzene rings is 2. The SMILES string of the molecule is CCCCOc1ccc(Oc2ccc(NC(=O)Nc3cc(C(C)(C)C)on3)cc2)cc1. The van der Waals surface area contributed by atoms with Gasteiger partial charge in [0.05, 0.1) is 6.61 Å². The second-order valence-corrected chi connectivity index (χ2v) is 8.21.